The summed E-state index contributed by atoms with van der Waals surface area (Å²) >= 11 is 0. The molecule has 0 atom stereocenters. The number of anilines is 1. The molecule has 0 bridgehead atoms. The maximum atomic E-state index is 13.2. The Morgan fingerprint density at radius 2 is 1.72 bits per heavy atom. The number of amides is 1. The highest BCUT2D eigenvalue weighted by atomic mass is 19.3. The molecule has 4 nitrogen and oxygen atoms in total. The molecule has 3 aromatic rings. The normalized spacial score (nSPS) is 13.9. The predicted octanol–water partition coefficient (Wildman–Crippen LogP) is 5.80. The van der Waals surface area contributed by atoms with Crippen LogP contribution >= 0.6 is 0 Å². The third-order valence-electron chi connectivity index (χ3n) is 4.83. The van der Waals surface area contributed by atoms with Crippen LogP contribution in [0.4, 0.5) is 14.5 Å². The first kappa shape index (κ1) is 18.9. The van der Waals surface area contributed by atoms with E-state index < -0.39 is 6.29 Å². The first-order chi connectivity index (χ1) is 13.9. The minimum atomic E-state index is -3.70. The summed E-state index contributed by atoms with van der Waals surface area (Å²) in [5.41, 5.74) is 4.63. The number of alkyl halides is 2. The van der Waals surface area contributed by atoms with Gasteiger partial charge < -0.3 is 14.8 Å². The van der Waals surface area contributed by atoms with Gasteiger partial charge in [0.1, 0.15) is 0 Å². The molecule has 1 aliphatic heterocycles. The number of hydrogen-bond acceptors (Lipinski definition) is 3. The molecule has 0 saturated heterocycles. The lowest BCUT2D eigenvalue weighted by molar-refractivity contribution is -0.286. The fourth-order valence-electron chi connectivity index (χ4n) is 3.35. The van der Waals surface area contributed by atoms with E-state index in [9.17, 15) is 13.6 Å². The highest BCUT2D eigenvalue weighted by Gasteiger charge is 2.43. The van der Waals surface area contributed by atoms with Crippen molar-refractivity contribution in [3.8, 4) is 22.6 Å². The van der Waals surface area contributed by atoms with Crippen LogP contribution in [0.1, 0.15) is 28.4 Å². The molecular formula is C23H19F2NO3. The van der Waals surface area contributed by atoms with Gasteiger partial charge in [-0.2, -0.15) is 0 Å². The van der Waals surface area contributed by atoms with Crippen molar-refractivity contribution in [3.05, 3.63) is 77.4 Å². The Kier molecular flexibility index (Phi) is 4.70. The van der Waals surface area contributed by atoms with Crippen molar-refractivity contribution in [2.24, 2.45) is 0 Å². The molecule has 29 heavy (non-hydrogen) atoms. The minimum Gasteiger partial charge on any atom is -0.395 e. The molecular weight excluding hydrogens is 376 g/mol. The number of rotatable bonds is 4. The Labute approximate surface area is 167 Å². The van der Waals surface area contributed by atoms with Gasteiger partial charge in [-0.25, -0.2) is 0 Å². The lowest BCUT2D eigenvalue weighted by atomic mass is 9.94. The SMILES string of the molecule is CCc1ccc(-c2cccc(C)c2C(=O)Nc2ccc3c(c2)OC(F)(F)O3)cc1. The molecule has 0 aromatic heterocycles. The van der Waals surface area contributed by atoms with E-state index in [0.29, 0.717) is 11.3 Å². The third-order valence-corrected chi connectivity index (χ3v) is 4.83. The quantitative estimate of drug-likeness (QED) is 0.607. The molecule has 0 fully saturated rings. The van der Waals surface area contributed by atoms with Gasteiger partial charge in [0.2, 0.25) is 0 Å². The standard InChI is InChI=1S/C23H19F2NO3/c1-3-15-7-9-16(10-8-15)18-6-4-5-14(2)21(18)22(27)26-17-11-12-19-20(13-17)29-23(24,25)28-19/h4-13H,3H2,1-2H3,(H,26,27). The van der Waals surface area contributed by atoms with Crippen LogP contribution in [0.3, 0.4) is 0 Å². The van der Waals surface area contributed by atoms with Crippen LogP contribution in [0.25, 0.3) is 11.1 Å². The lowest BCUT2D eigenvalue weighted by Gasteiger charge is -2.14. The van der Waals surface area contributed by atoms with Gasteiger partial charge in [0.15, 0.2) is 11.5 Å². The van der Waals surface area contributed by atoms with E-state index in [2.05, 4.69) is 21.7 Å². The van der Waals surface area contributed by atoms with Gasteiger partial charge in [-0.05, 0) is 47.7 Å². The smallest absolute Gasteiger partial charge is 0.395 e. The molecule has 1 amide bonds. The molecule has 148 valence electrons. The first-order valence-electron chi connectivity index (χ1n) is 9.26. The highest BCUT2D eigenvalue weighted by Crippen LogP contribution is 2.42. The molecule has 0 radical (unpaired) electrons. The van der Waals surface area contributed by atoms with Crippen LogP contribution in [-0.2, 0) is 6.42 Å². The van der Waals surface area contributed by atoms with Crippen molar-refractivity contribution in [1.29, 1.82) is 0 Å². The molecule has 0 saturated carbocycles. The molecule has 1 aliphatic rings. The summed E-state index contributed by atoms with van der Waals surface area (Å²) in [5, 5.41) is 2.77. The van der Waals surface area contributed by atoms with E-state index in [1.165, 1.54) is 23.8 Å². The third kappa shape index (κ3) is 3.78. The van der Waals surface area contributed by atoms with E-state index in [1.54, 1.807) is 0 Å². The monoisotopic (exact) mass is 395 g/mol. The second-order valence-corrected chi connectivity index (χ2v) is 6.83. The van der Waals surface area contributed by atoms with E-state index in [4.69, 9.17) is 0 Å². The van der Waals surface area contributed by atoms with Gasteiger partial charge in [-0.15, -0.1) is 8.78 Å². The molecule has 0 unspecified atom stereocenters. The van der Waals surface area contributed by atoms with Crippen molar-refractivity contribution in [2.45, 2.75) is 26.6 Å². The van der Waals surface area contributed by atoms with Crippen molar-refractivity contribution in [3.63, 3.8) is 0 Å². The molecule has 0 aliphatic carbocycles. The zero-order chi connectivity index (χ0) is 20.6. The fraction of sp³-hybridized carbons (Fsp3) is 0.174. The molecule has 4 rings (SSSR count). The Balaban J connectivity index is 1.64. The molecule has 6 heteroatoms. The van der Waals surface area contributed by atoms with Gasteiger partial charge in [0, 0.05) is 11.8 Å². The second-order valence-electron chi connectivity index (χ2n) is 6.83. The summed E-state index contributed by atoms with van der Waals surface area (Å²) in [5.74, 6) is -0.517. The number of benzene rings is 3. The fourth-order valence-corrected chi connectivity index (χ4v) is 3.35. The summed E-state index contributed by atoms with van der Waals surface area (Å²) in [6.07, 6.45) is -2.76. The summed E-state index contributed by atoms with van der Waals surface area (Å²) in [6, 6.07) is 17.9. The second kappa shape index (κ2) is 7.20. The molecule has 0 spiro atoms. The van der Waals surface area contributed by atoms with Crippen molar-refractivity contribution in [2.75, 3.05) is 5.32 Å². The van der Waals surface area contributed by atoms with Gasteiger partial charge in [0.05, 0.1) is 5.56 Å². The van der Waals surface area contributed by atoms with E-state index in [0.717, 1.165) is 23.1 Å². The number of halogens is 2. The summed E-state index contributed by atoms with van der Waals surface area (Å²) < 4.78 is 35.3. The number of ether oxygens (including phenoxy) is 2. The molecule has 1 N–H and O–H groups in total. The van der Waals surface area contributed by atoms with Crippen molar-refractivity contribution < 1.29 is 23.0 Å². The van der Waals surface area contributed by atoms with E-state index in [1.807, 2.05) is 49.4 Å². The van der Waals surface area contributed by atoms with E-state index >= 15 is 0 Å². The van der Waals surface area contributed by atoms with Gasteiger partial charge >= 0.3 is 6.29 Å². The molecule has 3 aromatic carbocycles. The Bertz CT molecular complexity index is 1080. The van der Waals surface area contributed by atoms with E-state index in [-0.39, 0.29) is 17.4 Å². The highest BCUT2D eigenvalue weighted by molar-refractivity contribution is 6.09. The zero-order valence-corrected chi connectivity index (χ0v) is 16.0. The van der Waals surface area contributed by atoms with Crippen LogP contribution in [0.15, 0.2) is 60.7 Å². The predicted molar refractivity (Wildman–Crippen MR) is 107 cm³/mol. The van der Waals surface area contributed by atoms with Crippen LogP contribution < -0.4 is 14.8 Å². The Hall–Kier alpha value is -3.41. The van der Waals surface area contributed by atoms with Gasteiger partial charge in [-0.3, -0.25) is 4.79 Å². The van der Waals surface area contributed by atoms with Crippen LogP contribution in [0.2, 0.25) is 0 Å². The maximum Gasteiger partial charge on any atom is 0.586 e. The van der Waals surface area contributed by atoms with Crippen LogP contribution in [0.5, 0.6) is 11.5 Å². The van der Waals surface area contributed by atoms with Crippen LogP contribution in [0, 0.1) is 6.92 Å². The number of carbonyl (C=O) groups excluding carboxylic acids is 1. The average Bonchev–Trinajstić information content (AvgIpc) is 3.00. The Morgan fingerprint density at radius 3 is 2.45 bits per heavy atom. The van der Waals surface area contributed by atoms with Gasteiger partial charge in [-0.1, -0.05) is 49.4 Å². The lowest BCUT2D eigenvalue weighted by Crippen LogP contribution is -2.25. The maximum absolute atomic E-state index is 13.2. The number of fused-ring (bicyclic) bond motifs is 1. The first-order valence-corrected chi connectivity index (χ1v) is 9.26. The Morgan fingerprint density at radius 1 is 1.00 bits per heavy atom. The number of carbonyl (C=O) groups is 1. The largest absolute Gasteiger partial charge is 0.586 e. The summed E-state index contributed by atoms with van der Waals surface area (Å²) in [7, 11) is 0. The number of hydrogen-bond donors (Lipinski definition) is 1. The zero-order valence-electron chi connectivity index (χ0n) is 16.0. The minimum absolute atomic E-state index is 0.0689. The summed E-state index contributed by atoms with van der Waals surface area (Å²) in [4.78, 5) is 13.0. The number of nitrogens with one attached hydrogen (secondary N) is 1. The van der Waals surface area contributed by atoms with Crippen molar-refractivity contribution in [1.82, 2.24) is 0 Å². The average molecular weight is 395 g/mol. The topological polar surface area (TPSA) is 47.6 Å². The summed E-state index contributed by atoms with van der Waals surface area (Å²) in [6.45, 7) is 3.95. The van der Waals surface area contributed by atoms with Crippen molar-refractivity contribution >= 4 is 11.6 Å². The van der Waals surface area contributed by atoms with Gasteiger partial charge in [0.25, 0.3) is 5.91 Å². The number of aryl methyl sites for hydroxylation is 2. The molecule has 1 heterocycles. The van der Waals surface area contributed by atoms with Crippen LogP contribution in [-0.4, -0.2) is 12.2 Å².